The number of carbonyl (C=O) groups is 2. The number of carbonyl (C=O) groups excluding carboxylic acids is 2. The van der Waals surface area contributed by atoms with E-state index in [4.69, 9.17) is 4.74 Å². The third-order valence-corrected chi connectivity index (χ3v) is 17.1. The first-order valence-corrected chi connectivity index (χ1v) is 35.9. The summed E-state index contributed by atoms with van der Waals surface area (Å²) in [6, 6.07) is -0.544. The van der Waals surface area contributed by atoms with E-state index in [9.17, 15) is 19.8 Å². The van der Waals surface area contributed by atoms with Crippen molar-refractivity contribution in [2.75, 3.05) is 13.2 Å². The molecule has 6 heteroatoms. The summed E-state index contributed by atoms with van der Waals surface area (Å²) in [5.74, 6) is -0.0166. The second kappa shape index (κ2) is 68.1. The number of aliphatic hydroxyl groups excluding tert-OH is 2. The van der Waals surface area contributed by atoms with Gasteiger partial charge in [0.25, 0.3) is 0 Å². The average Bonchev–Trinajstić information content (AvgIpc) is 3.44. The number of hydrogen-bond acceptors (Lipinski definition) is 5. The Kier molecular flexibility index (Phi) is 66.9. The van der Waals surface area contributed by atoms with Gasteiger partial charge in [-0.05, 0) is 51.4 Å². The van der Waals surface area contributed by atoms with Gasteiger partial charge in [0.15, 0.2) is 0 Å². The first-order valence-electron chi connectivity index (χ1n) is 35.9. The maximum atomic E-state index is 12.6. The van der Waals surface area contributed by atoms with Crippen molar-refractivity contribution in [2.45, 2.75) is 424 Å². The molecule has 0 aliphatic rings. The van der Waals surface area contributed by atoms with Crippen LogP contribution in [0.15, 0.2) is 12.2 Å². The molecule has 2 unspecified atom stereocenters. The van der Waals surface area contributed by atoms with Gasteiger partial charge in [-0.1, -0.05) is 360 Å². The highest BCUT2D eigenvalue weighted by Gasteiger charge is 2.20. The summed E-state index contributed by atoms with van der Waals surface area (Å²) in [5.41, 5.74) is 0. The van der Waals surface area contributed by atoms with Crippen LogP contribution in [-0.4, -0.2) is 47.4 Å². The normalized spacial score (nSPS) is 12.5. The average molecular weight is 1100 g/mol. The summed E-state index contributed by atoms with van der Waals surface area (Å²) >= 11 is 0. The Morgan fingerprint density at radius 3 is 0.910 bits per heavy atom. The Labute approximate surface area is 489 Å². The number of rotatable bonds is 68. The lowest BCUT2D eigenvalue weighted by molar-refractivity contribution is -0.143. The minimum Gasteiger partial charge on any atom is -0.466 e. The Hall–Kier alpha value is -1.40. The zero-order valence-electron chi connectivity index (χ0n) is 53.2. The van der Waals surface area contributed by atoms with Gasteiger partial charge >= 0.3 is 5.97 Å². The molecule has 0 aromatic rings. The van der Waals surface area contributed by atoms with Crippen LogP contribution >= 0.6 is 0 Å². The maximum Gasteiger partial charge on any atom is 0.305 e. The number of ether oxygens (including phenoxy) is 1. The quantitative estimate of drug-likeness (QED) is 0.0320. The highest BCUT2D eigenvalue weighted by molar-refractivity contribution is 5.76. The van der Waals surface area contributed by atoms with Gasteiger partial charge in [0, 0.05) is 12.8 Å². The molecule has 0 saturated heterocycles. The van der Waals surface area contributed by atoms with E-state index >= 15 is 0 Å². The summed E-state index contributed by atoms with van der Waals surface area (Å²) in [4.78, 5) is 24.6. The highest BCUT2D eigenvalue weighted by atomic mass is 16.5. The van der Waals surface area contributed by atoms with Crippen molar-refractivity contribution in [2.24, 2.45) is 0 Å². The second-order valence-corrected chi connectivity index (χ2v) is 24.9. The van der Waals surface area contributed by atoms with Crippen molar-refractivity contribution in [3.63, 3.8) is 0 Å². The lowest BCUT2D eigenvalue weighted by atomic mass is 10.0. The van der Waals surface area contributed by atoms with Gasteiger partial charge < -0.3 is 20.3 Å². The molecule has 78 heavy (non-hydrogen) atoms. The Balaban J connectivity index is 3.39. The molecule has 2 atom stereocenters. The number of nitrogens with one attached hydrogen (secondary N) is 1. The lowest BCUT2D eigenvalue weighted by Gasteiger charge is -2.22. The van der Waals surface area contributed by atoms with E-state index in [1.165, 1.54) is 340 Å². The predicted molar refractivity (Wildman–Crippen MR) is 343 cm³/mol. The van der Waals surface area contributed by atoms with Crippen molar-refractivity contribution < 1.29 is 24.5 Å². The van der Waals surface area contributed by atoms with Gasteiger partial charge in [0.05, 0.1) is 25.4 Å². The van der Waals surface area contributed by atoms with E-state index in [0.717, 1.165) is 38.5 Å². The number of unbranched alkanes of at least 4 members (excludes halogenated alkanes) is 55. The SMILES string of the molecule is CCCCCCCCCCCCCCCCCCCCCCCCCC(O)C(CO)NC(=O)CCCCCCCCCCC/C=C\CCCCCCCCCCCCCCOC(=O)CCCCCCCCCCCCCCC. The van der Waals surface area contributed by atoms with Gasteiger partial charge in [0.1, 0.15) is 0 Å². The van der Waals surface area contributed by atoms with Crippen LogP contribution in [0.2, 0.25) is 0 Å². The van der Waals surface area contributed by atoms with Crippen molar-refractivity contribution in [3.8, 4) is 0 Å². The van der Waals surface area contributed by atoms with Crippen LogP contribution in [0.1, 0.15) is 412 Å². The molecule has 3 N–H and O–H groups in total. The van der Waals surface area contributed by atoms with Crippen molar-refractivity contribution in [3.05, 3.63) is 12.2 Å². The Bertz CT molecular complexity index is 1180. The van der Waals surface area contributed by atoms with E-state index in [0.29, 0.717) is 25.9 Å². The lowest BCUT2D eigenvalue weighted by Crippen LogP contribution is -2.45. The van der Waals surface area contributed by atoms with E-state index in [1.807, 2.05) is 0 Å². The van der Waals surface area contributed by atoms with E-state index in [2.05, 4.69) is 31.3 Å². The molecule has 0 aromatic heterocycles. The van der Waals surface area contributed by atoms with Gasteiger partial charge in [0.2, 0.25) is 5.91 Å². The number of allylic oxidation sites excluding steroid dienone is 2. The number of aliphatic hydroxyl groups is 2. The molecule has 0 rings (SSSR count). The summed E-state index contributed by atoms with van der Waals surface area (Å²) in [6.07, 6.45) is 84.0. The molecular weight excluding hydrogens is 959 g/mol. The minimum atomic E-state index is -0.667. The van der Waals surface area contributed by atoms with Crippen LogP contribution in [0.3, 0.4) is 0 Å². The molecule has 464 valence electrons. The van der Waals surface area contributed by atoms with Crippen LogP contribution in [-0.2, 0) is 14.3 Å². The zero-order chi connectivity index (χ0) is 56.4. The molecule has 0 aromatic carbocycles. The number of amides is 1. The van der Waals surface area contributed by atoms with Crippen LogP contribution < -0.4 is 5.32 Å². The minimum absolute atomic E-state index is 0.0162. The molecule has 1 amide bonds. The van der Waals surface area contributed by atoms with E-state index in [-0.39, 0.29) is 18.5 Å². The third kappa shape index (κ3) is 63.8. The topological polar surface area (TPSA) is 95.9 Å². The maximum absolute atomic E-state index is 12.6. The summed E-state index contributed by atoms with van der Waals surface area (Å²) in [6.45, 7) is 5.00. The Morgan fingerprint density at radius 1 is 0.346 bits per heavy atom. The molecule has 0 saturated carbocycles. The molecule has 6 nitrogen and oxygen atoms in total. The molecule has 0 fully saturated rings. The molecule has 0 aliphatic carbocycles. The summed E-state index contributed by atoms with van der Waals surface area (Å²) < 4.78 is 5.49. The predicted octanol–water partition coefficient (Wildman–Crippen LogP) is 23.1. The van der Waals surface area contributed by atoms with Gasteiger partial charge in [-0.2, -0.15) is 0 Å². The van der Waals surface area contributed by atoms with E-state index in [1.54, 1.807) is 0 Å². The summed E-state index contributed by atoms with van der Waals surface area (Å²) in [7, 11) is 0. The van der Waals surface area contributed by atoms with Crippen molar-refractivity contribution in [1.82, 2.24) is 5.32 Å². The van der Waals surface area contributed by atoms with Crippen LogP contribution in [0.5, 0.6) is 0 Å². The smallest absolute Gasteiger partial charge is 0.305 e. The fraction of sp³-hybridized carbons (Fsp3) is 0.944. The fourth-order valence-electron chi connectivity index (χ4n) is 11.6. The van der Waals surface area contributed by atoms with E-state index < -0.39 is 12.1 Å². The first-order chi connectivity index (χ1) is 38.5. The van der Waals surface area contributed by atoms with Gasteiger partial charge in [-0.25, -0.2) is 0 Å². The number of hydrogen-bond donors (Lipinski definition) is 3. The largest absolute Gasteiger partial charge is 0.466 e. The standard InChI is InChI=1S/C72H141NO5/c1-3-5-7-9-11-13-15-17-18-19-20-21-25-28-31-34-37-41-44-48-52-56-60-64-70(75)69(68-74)73-71(76)65-61-57-53-49-45-42-38-35-32-29-26-23-22-24-27-30-33-36-39-43-47-51-55-59-63-67-78-72(77)66-62-58-54-50-46-40-16-14-12-10-8-6-4-2/h23,26,69-70,74-75H,3-22,24-25,27-68H2,1-2H3,(H,73,76)/b26-23-. The Morgan fingerprint density at radius 2 is 0.603 bits per heavy atom. The van der Waals surface area contributed by atoms with Crippen LogP contribution in [0.25, 0.3) is 0 Å². The third-order valence-electron chi connectivity index (χ3n) is 17.1. The highest BCUT2D eigenvalue weighted by Crippen LogP contribution is 2.19. The molecule has 0 bridgehead atoms. The molecule has 0 aliphatic heterocycles. The van der Waals surface area contributed by atoms with Crippen molar-refractivity contribution >= 4 is 11.9 Å². The van der Waals surface area contributed by atoms with Crippen LogP contribution in [0.4, 0.5) is 0 Å². The van der Waals surface area contributed by atoms with Gasteiger partial charge in [-0.15, -0.1) is 0 Å². The van der Waals surface area contributed by atoms with Crippen LogP contribution in [0, 0.1) is 0 Å². The first kappa shape index (κ1) is 76.6. The monoisotopic (exact) mass is 1100 g/mol. The fourth-order valence-corrected chi connectivity index (χ4v) is 11.6. The zero-order valence-corrected chi connectivity index (χ0v) is 53.2. The molecule has 0 spiro atoms. The number of esters is 1. The molecule has 0 radical (unpaired) electrons. The van der Waals surface area contributed by atoms with Gasteiger partial charge in [-0.3, -0.25) is 9.59 Å². The second-order valence-electron chi connectivity index (χ2n) is 24.9. The molecular formula is C72H141NO5. The van der Waals surface area contributed by atoms with Crippen molar-refractivity contribution in [1.29, 1.82) is 0 Å². The summed E-state index contributed by atoms with van der Waals surface area (Å²) in [5, 5.41) is 23.4. The molecule has 0 heterocycles.